The summed E-state index contributed by atoms with van der Waals surface area (Å²) in [4.78, 5) is 17.1. The second-order valence-corrected chi connectivity index (χ2v) is 6.60. The fraction of sp³-hybridized carbons (Fsp3) is 0.611. The van der Waals surface area contributed by atoms with Crippen molar-refractivity contribution in [2.24, 2.45) is 0 Å². The van der Waals surface area contributed by atoms with Crippen LogP contribution in [0.4, 0.5) is 0 Å². The van der Waals surface area contributed by atoms with Crippen molar-refractivity contribution in [1.29, 1.82) is 0 Å². The molecule has 2 heterocycles. The standard InChI is InChI=1S/C18H27N3O.2ClH/c1-14(18(22)20(2)17-7-10-19-11-8-17)21-12-9-15-5-3-4-6-16(15)13-21;;/h3-6,14,17,19H,7-13H2,1-2H3;2*1H. The first-order chi connectivity index (χ1) is 10.7. The van der Waals surface area contributed by atoms with Crippen LogP contribution in [0.15, 0.2) is 24.3 Å². The number of carbonyl (C=O) groups excluding carboxylic acids is 1. The molecule has 0 aromatic heterocycles. The van der Waals surface area contributed by atoms with Gasteiger partial charge in [0.05, 0.1) is 6.04 Å². The van der Waals surface area contributed by atoms with Crippen molar-refractivity contribution in [2.45, 2.75) is 44.8 Å². The average molecular weight is 374 g/mol. The third-order valence-electron chi connectivity index (χ3n) is 5.27. The van der Waals surface area contributed by atoms with Gasteiger partial charge < -0.3 is 10.2 Å². The third kappa shape index (κ3) is 4.63. The van der Waals surface area contributed by atoms with Gasteiger partial charge in [-0.1, -0.05) is 24.3 Å². The van der Waals surface area contributed by atoms with E-state index in [1.54, 1.807) is 0 Å². The Hall–Kier alpha value is -0.810. The number of likely N-dealkylation sites (N-methyl/N-ethyl adjacent to an activating group) is 1. The molecule has 2 aliphatic rings. The maximum Gasteiger partial charge on any atom is 0.239 e. The van der Waals surface area contributed by atoms with Gasteiger partial charge in [0.15, 0.2) is 0 Å². The second-order valence-electron chi connectivity index (χ2n) is 6.60. The highest BCUT2D eigenvalue weighted by atomic mass is 35.5. The SMILES string of the molecule is CC(C(=O)N(C)C1CCNCC1)N1CCc2ccccc2C1.Cl.Cl. The predicted molar refractivity (Wildman–Crippen MR) is 103 cm³/mol. The van der Waals surface area contributed by atoms with E-state index in [1.165, 1.54) is 11.1 Å². The van der Waals surface area contributed by atoms with Gasteiger partial charge in [-0.25, -0.2) is 0 Å². The molecular weight excluding hydrogens is 345 g/mol. The van der Waals surface area contributed by atoms with Gasteiger partial charge in [-0.3, -0.25) is 9.69 Å². The van der Waals surface area contributed by atoms with Gasteiger partial charge in [0.25, 0.3) is 0 Å². The molecule has 0 bridgehead atoms. The minimum absolute atomic E-state index is 0. The Kier molecular flexibility index (Phi) is 8.51. The van der Waals surface area contributed by atoms with Gasteiger partial charge >= 0.3 is 0 Å². The van der Waals surface area contributed by atoms with Gasteiger partial charge in [0.2, 0.25) is 5.91 Å². The van der Waals surface area contributed by atoms with Crippen LogP contribution in [0.25, 0.3) is 0 Å². The molecule has 2 aliphatic heterocycles. The van der Waals surface area contributed by atoms with E-state index >= 15 is 0 Å². The fourth-order valence-corrected chi connectivity index (χ4v) is 3.67. The van der Waals surface area contributed by atoms with Gasteiger partial charge in [0.1, 0.15) is 0 Å². The first-order valence-electron chi connectivity index (χ1n) is 8.45. The second kappa shape index (κ2) is 9.62. The van der Waals surface area contributed by atoms with Crippen LogP contribution in [0.1, 0.15) is 30.9 Å². The summed E-state index contributed by atoms with van der Waals surface area (Å²) in [5.41, 5.74) is 2.81. The Bertz CT molecular complexity index is 535. The minimum atomic E-state index is -0.0340. The summed E-state index contributed by atoms with van der Waals surface area (Å²) in [7, 11) is 1.98. The Morgan fingerprint density at radius 3 is 2.50 bits per heavy atom. The van der Waals surface area contributed by atoms with Crippen molar-refractivity contribution in [1.82, 2.24) is 15.1 Å². The Morgan fingerprint density at radius 1 is 1.21 bits per heavy atom. The molecule has 6 heteroatoms. The van der Waals surface area contributed by atoms with E-state index in [4.69, 9.17) is 0 Å². The lowest BCUT2D eigenvalue weighted by Gasteiger charge is -2.38. The van der Waals surface area contributed by atoms with E-state index in [9.17, 15) is 4.79 Å². The molecule has 1 atom stereocenters. The van der Waals surface area contributed by atoms with Crippen LogP contribution in [0, 0.1) is 0 Å². The zero-order valence-electron chi connectivity index (χ0n) is 14.5. The van der Waals surface area contributed by atoms with Crippen LogP contribution in [0.2, 0.25) is 0 Å². The molecule has 4 nitrogen and oxygen atoms in total. The van der Waals surface area contributed by atoms with Crippen LogP contribution >= 0.6 is 24.8 Å². The summed E-state index contributed by atoms with van der Waals surface area (Å²) in [6.07, 6.45) is 3.18. The molecule has 0 saturated carbocycles. The molecule has 136 valence electrons. The molecule has 1 aromatic carbocycles. The van der Waals surface area contributed by atoms with Crippen molar-refractivity contribution >= 4 is 30.7 Å². The Morgan fingerprint density at radius 2 is 1.83 bits per heavy atom. The highest BCUT2D eigenvalue weighted by Gasteiger charge is 2.30. The quantitative estimate of drug-likeness (QED) is 0.883. The summed E-state index contributed by atoms with van der Waals surface area (Å²) in [6.45, 7) is 5.97. The Balaban J connectivity index is 0.00000144. The minimum Gasteiger partial charge on any atom is -0.341 e. The van der Waals surface area contributed by atoms with Crippen LogP contribution in [-0.4, -0.2) is 54.5 Å². The van der Waals surface area contributed by atoms with Crippen molar-refractivity contribution < 1.29 is 4.79 Å². The lowest BCUT2D eigenvalue weighted by molar-refractivity contribution is -0.138. The fourth-order valence-electron chi connectivity index (χ4n) is 3.67. The molecule has 0 spiro atoms. The topological polar surface area (TPSA) is 35.6 Å². The number of hydrogen-bond donors (Lipinski definition) is 1. The number of nitrogens with zero attached hydrogens (tertiary/aromatic N) is 2. The highest BCUT2D eigenvalue weighted by Crippen LogP contribution is 2.21. The predicted octanol–water partition coefficient (Wildman–Crippen LogP) is 2.49. The molecule has 0 aliphatic carbocycles. The van der Waals surface area contributed by atoms with Gasteiger partial charge in [-0.15, -0.1) is 24.8 Å². The lowest BCUT2D eigenvalue weighted by Crippen LogP contribution is -2.52. The maximum atomic E-state index is 12.8. The summed E-state index contributed by atoms with van der Waals surface area (Å²) in [5, 5.41) is 3.36. The number of rotatable bonds is 3. The highest BCUT2D eigenvalue weighted by molar-refractivity contribution is 5.85. The lowest BCUT2D eigenvalue weighted by atomic mass is 9.98. The van der Waals surface area contributed by atoms with Crippen molar-refractivity contribution in [2.75, 3.05) is 26.7 Å². The summed E-state index contributed by atoms with van der Waals surface area (Å²) in [6, 6.07) is 8.96. The largest absolute Gasteiger partial charge is 0.341 e. The zero-order chi connectivity index (χ0) is 15.5. The monoisotopic (exact) mass is 373 g/mol. The van der Waals surface area contributed by atoms with E-state index in [-0.39, 0.29) is 36.8 Å². The van der Waals surface area contributed by atoms with Crippen molar-refractivity contribution in [3.05, 3.63) is 35.4 Å². The van der Waals surface area contributed by atoms with E-state index in [2.05, 4.69) is 41.4 Å². The summed E-state index contributed by atoms with van der Waals surface area (Å²) >= 11 is 0. The Labute approximate surface area is 157 Å². The van der Waals surface area contributed by atoms with Gasteiger partial charge in [-0.05, 0) is 50.4 Å². The van der Waals surface area contributed by atoms with Crippen LogP contribution in [0.3, 0.4) is 0 Å². The molecule has 1 fully saturated rings. The van der Waals surface area contributed by atoms with E-state index < -0.39 is 0 Å². The first kappa shape index (κ1) is 21.2. The third-order valence-corrected chi connectivity index (χ3v) is 5.27. The van der Waals surface area contributed by atoms with Crippen molar-refractivity contribution in [3.8, 4) is 0 Å². The molecule has 1 amide bonds. The van der Waals surface area contributed by atoms with E-state index in [0.717, 1.165) is 45.4 Å². The maximum absolute atomic E-state index is 12.8. The van der Waals surface area contributed by atoms with Crippen LogP contribution < -0.4 is 5.32 Å². The number of carbonyl (C=O) groups is 1. The number of amides is 1. The summed E-state index contributed by atoms with van der Waals surface area (Å²) in [5.74, 6) is 0.270. The van der Waals surface area contributed by atoms with E-state index in [1.807, 2.05) is 11.9 Å². The van der Waals surface area contributed by atoms with Crippen LogP contribution in [-0.2, 0) is 17.8 Å². The molecule has 3 rings (SSSR count). The number of hydrogen-bond acceptors (Lipinski definition) is 3. The average Bonchev–Trinajstić information content (AvgIpc) is 2.60. The van der Waals surface area contributed by atoms with Crippen LogP contribution in [0.5, 0.6) is 0 Å². The zero-order valence-corrected chi connectivity index (χ0v) is 16.2. The molecular formula is C18H29Cl2N3O. The molecule has 1 unspecified atom stereocenters. The van der Waals surface area contributed by atoms with Crippen molar-refractivity contribution in [3.63, 3.8) is 0 Å². The molecule has 24 heavy (non-hydrogen) atoms. The number of piperidine rings is 1. The number of fused-ring (bicyclic) bond motifs is 1. The normalized spacial score (nSPS) is 19.4. The number of halogens is 2. The number of nitrogens with one attached hydrogen (secondary N) is 1. The van der Waals surface area contributed by atoms with E-state index in [0.29, 0.717) is 6.04 Å². The molecule has 1 aromatic rings. The first-order valence-corrected chi connectivity index (χ1v) is 8.45. The molecule has 1 N–H and O–H groups in total. The van der Waals surface area contributed by atoms with Gasteiger partial charge in [-0.2, -0.15) is 0 Å². The smallest absolute Gasteiger partial charge is 0.239 e. The summed E-state index contributed by atoms with van der Waals surface area (Å²) < 4.78 is 0. The molecule has 0 radical (unpaired) electrons. The van der Waals surface area contributed by atoms with Gasteiger partial charge in [0, 0.05) is 26.2 Å². The number of benzene rings is 1. The molecule has 1 saturated heterocycles.